The highest BCUT2D eigenvalue weighted by Crippen LogP contribution is 2.40. The summed E-state index contributed by atoms with van der Waals surface area (Å²) >= 11 is 0. The van der Waals surface area contributed by atoms with Gasteiger partial charge >= 0.3 is 12.1 Å². The Morgan fingerprint density at radius 2 is 1.36 bits per heavy atom. The van der Waals surface area contributed by atoms with E-state index in [9.17, 15) is 43.5 Å². The molecule has 4 aliphatic rings. The highest BCUT2D eigenvalue weighted by molar-refractivity contribution is 6.03. The van der Waals surface area contributed by atoms with Crippen LogP contribution in [0.3, 0.4) is 0 Å². The number of aromatic hydroxyl groups is 1. The third-order valence-electron chi connectivity index (χ3n) is 16.4. The molecule has 30 nitrogen and oxygen atoms in total. The van der Waals surface area contributed by atoms with Crippen molar-refractivity contribution in [1.29, 1.82) is 0 Å². The number of nitrogens with zero attached hydrogens (tertiary/aromatic N) is 6. The van der Waals surface area contributed by atoms with E-state index in [2.05, 4.69) is 26.3 Å². The first-order valence-electron chi connectivity index (χ1n) is 32.3. The third-order valence-corrected chi connectivity index (χ3v) is 16.4. The molecule has 1 saturated carbocycles. The maximum absolute atomic E-state index is 13.8. The molecule has 3 atom stereocenters. The second kappa shape index (κ2) is 37.5. The van der Waals surface area contributed by atoms with Crippen molar-refractivity contribution in [3.05, 3.63) is 68.8 Å². The first-order chi connectivity index (χ1) is 45.6. The average molecular weight is 1320 g/mol. The first kappa shape index (κ1) is 72.3. The zero-order valence-electron chi connectivity index (χ0n) is 54.1. The summed E-state index contributed by atoms with van der Waals surface area (Å²) in [5.41, 5.74) is 3.90. The fraction of sp³-hybridized carbons (Fsp3) is 0.641. The van der Waals surface area contributed by atoms with Gasteiger partial charge in [-0.15, -0.1) is 5.10 Å². The number of likely N-dealkylation sites (tertiary alicyclic amines) is 1. The molecule has 0 spiro atoms. The largest absolute Gasteiger partial charge is 0.509 e. The van der Waals surface area contributed by atoms with Crippen molar-refractivity contribution in [3.8, 4) is 17.1 Å². The van der Waals surface area contributed by atoms with Crippen LogP contribution >= 0.6 is 0 Å². The quantitative estimate of drug-likeness (QED) is 0.0248. The highest BCUT2D eigenvalue weighted by atomic mass is 16.7. The predicted octanol–water partition coefficient (Wildman–Crippen LogP) is 2.46. The second-order valence-electron chi connectivity index (χ2n) is 23.5. The maximum Gasteiger partial charge on any atom is 0.509 e. The number of pyridine rings is 2. The molecule has 4 aromatic rings. The fourth-order valence-electron chi connectivity index (χ4n) is 11.2. The molecule has 3 aliphatic heterocycles. The molecular weight excluding hydrogens is 1230 g/mol. The van der Waals surface area contributed by atoms with E-state index in [0.717, 1.165) is 42.2 Å². The summed E-state index contributed by atoms with van der Waals surface area (Å²) in [6, 6.07) is 5.79. The molecule has 0 bridgehead atoms. The van der Waals surface area contributed by atoms with E-state index in [0.29, 0.717) is 141 Å². The summed E-state index contributed by atoms with van der Waals surface area (Å²) in [6.07, 6.45) is 2.92. The van der Waals surface area contributed by atoms with Gasteiger partial charge < -0.3 is 82.5 Å². The van der Waals surface area contributed by atoms with E-state index < -0.39 is 48.3 Å². The average Bonchev–Trinajstić information content (AvgIpc) is 1.56. The number of hydrogen-bond donors (Lipinski definition) is 4. The summed E-state index contributed by atoms with van der Waals surface area (Å²) in [4.78, 5) is 108. The molecular formula is C64H89N9O21. The van der Waals surface area contributed by atoms with Crippen molar-refractivity contribution in [3.63, 3.8) is 0 Å². The summed E-state index contributed by atoms with van der Waals surface area (Å²) in [5.74, 6) is -2.32. The van der Waals surface area contributed by atoms with E-state index in [1.54, 1.807) is 54.4 Å². The number of phenolic OH excluding ortho intramolecular Hbond substituents is 1. The van der Waals surface area contributed by atoms with Crippen molar-refractivity contribution < 1.29 is 95.5 Å². The lowest BCUT2D eigenvalue weighted by molar-refractivity contribution is -0.159. The van der Waals surface area contributed by atoms with Crippen LogP contribution in [0.1, 0.15) is 93.9 Å². The SMILES string of the molecule is CCc1c2c(nc3ccc(O)cc13)-c1cc3c(c(=O)n1C2)COC(=O)C3OC(=O)OCC(NC(=O)COCC(=O)NCCOCCOCCOCCOCCOCCOCCOCCOCCn1cc(CNC(=O)C2CCC(CN3C(=O)CC(C)C3=O)CC2)nn1)C(C)C. The number of aromatic nitrogens is 5. The molecule has 1 saturated heterocycles. The number of amides is 5. The number of imide groups is 1. The molecule has 516 valence electrons. The van der Waals surface area contributed by atoms with Gasteiger partial charge in [-0.2, -0.15) is 0 Å². The van der Waals surface area contributed by atoms with E-state index in [1.165, 1.54) is 11.0 Å². The molecule has 6 heterocycles. The van der Waals surface area contributed by atoms with Crippen LogP contribution in [0, 0.1) is 23.7 Å². The lowest BCUT2D eigenvalue weighted by Crippen LogP contribution is -2.44. The van der Waals surface area contributed by atoms with Crippen LogP contribution < -0.4 is 21.5 Å². The number of carbonyl (C=O) groups is 7. The molecule has 8 rings (SSSR count). The summed E-state index contributed by atoms with van der Waals surface area (Å²) < 4.78 is 68.9. The number of carbonyl (C=O) groups excluding carboxylic acids is 7. The van der Waals surface area contributed by atoms with Crippen LogP contribution in [-0.2, 0) is 118 Å². The monoisotopic (exact) mass is 1320 g/mol. The number of fused-ring (bicyclic) bond motifs is 5. The van der Waals surface area contributed by atoms with Gasteiger partial charge in [0.25, 0.3) is 5.56 Å². The number of rotatable bonds is 42. The van der Waals surface area contributed by atoms with E-state index in [4.69, 9.17) is 61.8 Å². The fourth-order valence-corrected chi connectivity index (χ4v) is 11.2. The number of ether oxygens (including phenoxy) is 12. The number of esters is 1. The van der Waals surface area contributed by atoms with Gasteiger partial charge in [-0.1, -0.05) is 32.9 Å². The molecule has 5 amide bonds. The maximum atomic E-state index is 13.8. The van der Waals surface area contributed by atoms with Gasteiger partial charge in [0, 0.05) is 47.9 Å². The van der Waals surface area contributed by atoms with Gasteiger partial charge in [-0.3, -0.25) is 33.7 Å². The Kier molecular flexibility index (Phi) is 28.8. The molecule has 1 aromatic carbocycles. The molecule has 0 radical (unpaired) electrons. The summed E-state index contributed by atoms with van der Waals surface area (Å²) in [7, 11) is 0. The minimum absolute atomic E-state index is 0.0149. The Bertz CT molecular complexity index is 3240. The van der Waals surface area contributed by atoms with Crippen LogP contribution in [0.15, 0.2) is 35.3 Å². The Morgan fingerprint density at radius 1 is 0.745 bits per heavy atom. The molecule has 94 heavy (non-hydrogen) atoms. The zero-order valence-corrected chi connectivity index (χ0v) is 54.1. The smallest absolute Gasteiger partial charge is 0.508 e. The van der Waals surface area contributed by atoms with Crippen LogP contribution in [-0.4, -0.2) is 221 Å². The lowest BCUT2D eigenvalue weighted by atomic mass is 9.81. The molecule has 2 fully saturated rings. The summed E-state index contributed by atoms with van der Waals surface area (Å²) in [6.45, 7) is 13.7. The van der Waals surface area contributed by atoms with Crippen molar-refractivity contribution >= 4 is 52.6 Å². The number of aryl methyl sites for hydroxylation is 1. The topological polar surface area (TPSA) is 355 Å². The normalized spacial score (nSPS) is 17.8. The van der Waals surface area contributed by atoms with E-state index >= 15 is 0 Å². The molecule has 1 aliphatic carbocycles. The van der Waals surface area contributed by atoms with Gasteiger partial charge in [0.15, 0.2) is 0 Å². The highest BCUT2D eigenvalue weighted by Gasteiger charge is 2.40. The molecule has 30 heteroatoms. The lowest BCUT2D eigenvalue weighted by Gasteiger charge is -2.30. The van der Waals surface area contributed by atoms with Crippen molar-refractivity contribution in [2.75, 3.05) is 139 Å². The van der Waals surface area contributed by atoms with Gasteiger partial charge in [-0.25, -0.2) is 19.3 Å². The standard InChI is InChI=1S/C64H89N9O21/c1-5-47-48-31-46(74)10-11-52(48)68-58-50(47)36-72-54(58)32-49-51(62(72)80)37-92-63(81)59(49)94-64(82)93-38-53(41(2)3)67-56(76)40-91-39-55(75)65-12-14-83-16-18-85-20-22-87-24-26-89-28-29-90-27-25-88-23-21-86-19-17-84-15-13-71-35-45(69-70-71)33-66-60(78)44-8-6-43(7-9-44)34-73-57(77)30-42(4)61(73)79/h10-11,31-32,35,41-44,53,59,74H,5-9,12-30,33-34,36-40H2,1-4H3,(H,65,75)(H,66,78)(H,67,76). The number of cyclic esters (lactones) is 1. The molecule has 4 N–H and O–H groups in total. The second-order valence-corrected chi connectivity index (χ2v) is 23.5. The number of benzene rings is 1. The number of phenols is 1. The molecule has 3 unspecified atom stereocenters. The van der Waals surface area contributed by atoms with E-state index in [1.807, 2.05) is 6.92 Å². The Morgan fingerprint density at radius 3 is 1.97 bits per heavy atom. The van der Waals surface area contributed by atoms with Crippen LogP contribution in [0.2, 0.25) is 0 Å². The Hall–Kier alpha value is -7.55. The van der Waals surface area contributed by atoms with Crippen LogP contribution in [0.5, 0.6) is 5.75 Å². The van der Waals surface area contributed by atoms with Crippen molar-refractivity contribution in [2.24, 2.45) is 23.7 Å². The summed E-state index contributed by atoms with van der Waals surface area (Å²) in [5, 5.41) is 27.5. The van der Waals surface area contributed by atoms with Gasteiger partial charge in [0.05, 0.1) is 160 Å². The Labute approximate surface area is 544 Å². The molecule has 3 aromatic heterocycles. The van der Waals surface area contributed by atoms with Gasteiger partial charge in [0.2, 0.25) is 35.6 Å². The first-order valence-corrected chi connectivity index (χ1v) is 32.3. The number of hydrogen-bond acceptors (Lipinski definition) is 24. The van der Waals surface area contributed by atoms with Gasteiger partial charge in [0.1, 0.15) is 37.9 Å². The number of nitrogens with one attached hydrogen (secondary N) is 3. The Balaban J connectivity index is 0.543. The zero-order chi connectivity index (χ0) is 66.8. The van der Waals surface area contributed by atoms with Crippen LogP contribution in [0.25, 0.3) is 22.3 Å². The van der Waals surface area contributed by atoms with Crippen molar-refractivity contribution in [2.45, 2.75) is 105 Å². The minimum Gasteiger partial charge on any atom is -0.508 e. The minimum atomic E-state index is -1.60. The van der Waals surface area contributed by atoms with E-state index in [-0.39, 0.29) is 111 Å². The van der Waals surface area contributed by atoms with Crippen molar-refractivity contribution in [1.82, 2.24) is 45.4 Å². The van der Waals surface area contributed by atoms with Gasteiger partial charge in [-0.05, 0) is 73.8 Å². The van der Waals surface area contributed by atoms with Crippen LogP contribution in [0.4, 0.5) is 4.79 Å². The predicted molar refractivity (Wildman–Crippen MR) is 332 cm³/mol. The third kappa shape index (κ3) is 21.5.